The van der Waals surface area contributed by atoms with Crippen LogP contribution in [0.4, 0.5) is 4.39 Å². The van der Waals surface area contributed by atoms with Crippen molar-refractivity contribution in [3.63, 3.8) is 0 Å². The second-order valence-corrected chi connectivity index (χ2v) is 6.49. The number of nitrogens with two attached hydrogens (primary N) is 1. The fourth-order valence-corrected chi connectivity index (χ4v) is 3.06. The SMILES string of the molecule is CC(CN1CC(C)N(C)C(C)C1)C(N)c1ccc(F)cn1. The van der Waals surface area contributed by atoms with Gasteiger partial charge in [0.1, 0.15) is 5.82 Å². The summed E-state index contributed by atoms with van der Waals surface area (Å²) in [5.41, 5.74) is 7.04. The Labute approximate surface area is 127 Å². The van der Waals surface area contributed by atoms with Crippen LogP contribution in [0.5, 0.6) is 0 Å². The molecule has 4 atom stereocenters. The fraction of sp³-hybridized carbons (Fsp3) is 0.688. The van der Waals surface area contributed by atoms with Gasteiger partial charge in [-0.25, -0.2) is 4.39 Å². The zero-order valence-electron chi connectivity index (χ0n) is 13.5. The van der Waals surface area contributed by atoms with Crippen LogP contribution in [-0.2, 0) is 0 Å². The van der Waals surface area contributed by atoms with Crippen molar-refractivity contribution in [3.8, 4) is 0 Å². The number of hydrogen-bond acceptors (Lipinski definition) is 4. The lowest BCUT2D eigenvalue weighted by Crippen LogP contribution is -2.55. The van der Waals surface area contributed by atoms with Crippen molar-refractivity contribution in [2.45, 2.75) is 38.9 Å². The normalized spacial score (nSPS) is 27.5. The zero-order valence-corrected chi connectivity index (χ0v) is 13.5. The van der Waals surface area contributed by atoms with E-state index in [1.807, 2.05) is 0 Å². The summed E-state index contributed by atoms with van der Waals surface area (Å²) >= 11 is 0. The second-order valence-electron chi connectivity index (χ2n) is 6.49. The molecule has 21 heavy (non-hydrogen) atoms. The van der Waals surface area contributed by atoms with Gasteiger partial charge in [0.25, 0.3) is 0 Å². The van der Waals surface area contributed by atoms with Gasteiger partial charge in [0.2, 0.25) is 0 Å². The van der Waals surface area contributed by atoms with Gasteiger partial charge in [-0.1, -0.05) is 6.92 Å². The maximum Gasteiger partial charge on any atom is 0.141 e. The van der Waals surface area contributed by atoms with Crippen molar-refractivity contribution in [1.29, 1.82) is 0 Å². The molecular formula is C16H27FN4. The number of piperazine rings is 1. The summed E-state index contributed by atoms with van der Waals surface area (Å²) in [5.74, 6) is -0.0360. The molecule has 4 nitrogen and oxygen atoms in total. The Balaban J connectivity index is 1.94. The van der Waals surface area contributed by atoms with E-state index in [0.717, 1.165) is 25.3 Å². The zero-order chi connectivity index (χ0) is 15.6. The van der Waals surface area contributed by atoms with E-state index in [4.69, 9.17) is 5.73 Å². The smallest absolute Gasteiger partial charge is 0.141 e. The van der Waals surface area contributed by atoms with Crippen molar-refractivity contribution in [1.82, 2.24) is 14.8 Å². The second kappa shape index (κ2) is 6.81. The van der Waals surface area contributed by atoms with Crippen LogP contribution in [0.2, 0.25) is 0 Å². The summed E-state index contributed by atoms with van der Waals surface area (Å²) in [6, 6.07) is 4.07. The van der Waals surface area contributed by atoms with Gasteiger partial charge in [-0.3, -0.25) is 14.8 Å². The first kappa shape index (κ1) is 16.3. The van der Waals surface area contributed by atoms with Crippen molar-refractivity contribution in [2.24, 2.45) is 11.7 Å². The van der Waals surface area contributed by atoms with E-state index >= 15 is 0 Å². The first-order chi connectivity index (χ1) is 9.88. The largest absolute Gasteiger partial charge is 0.322 e. The molecule has 1 aliphatic rings. The summed E-state index contributed by atoms with van der Waals surface area (Å²) in [4.78, 5) is 9.00. The van der Waals surface area contributed by atoms with Gasteiger partial charge in [0.15, 0.2) is 0 Å². The monoisotopic (exact) mass is 294 g/mol. The molecule has 2 N–H and O–H groups in total. The molecule has 2 heterocycles. The summed E-state index contributed by atoms with van der Waals surface area (Å²) in [5, 5.41) is 0. The Morgan fingerprint density at radius 2 is 1.95 bits per heavy atom. The Hall–Kier alpha value is -1.04. The highest BCUT2D eigenvalue weighted by molar-refractivity contribution is 5.10. The molecule has 1 aliphatic heterocycles. The lowest BCUT2D eigenvalue weighted by molar-refractivity contribution is 0.0497. The van der Waals surface area contributed by atoms with Crippen LogP contribution >= 0.6 is 0 Å². The van der Waals surface area contributed by atoms with Crippen molar-refractivity contribution >= 4 is 0 Å². The third-order valence-electron chi connectivity index (χ3n) is 4.69. The highest BCUT2D eigenvalue weighted by atomic mass is 19.1. The topological polar surface area (TPSA) is 45.4 Å². The van der Waals surface area contributed by atoms with Gasteiger partial charge in [0.05, 0.1) is 17.9 Å². The molecular weight excluding hydrogens is 267 g/mol. The summed E-state index contributed by atoms with van der Waals surface area (Å²) in [6.45, 7) is 9.74. The fourth-order valence-electron chi connectivity index (χ4n) is 3.06. The molecule has 0 amide bonds. The molecule has 0 radical (unpaired) electrons. The number of hydrogen-bond donors (Lipinski definition) is 1. The molecule has 1 aromatic rings. The van der Waals surface area contributed by atoms with Crippen molar-refractivity contribution < 1.29 is 4.39 Å². The molecule has 1 fully saturated rings. The first-order valence-electron chi connectivity index (χ1n) is 7.69. The lowest BCUT2D eigenvalue weighted by atomic mass is 9.97. The highest BCUT2D eigenvalue weighted by Gasteiger charge is 2.28. The molecule has 0 aliphatic carbocycles. The maximum absolute atomic E-state index is 12.9. The summed E-state index contributed by atoms with van der Waals surface area (Å²) in [6.07, 6.45) is 1.24. The van der Waals surface area contributed by atoms with Crippen LogP contribution in [0.25, 0.3) is 0 Å². The molecule has 4 unspecified atom stereocenters. The van der Waals surface area contributed by atoms with Crippen LogP contribution in [-0.4, -0.2) is 53.5 Å². The van der Waals surface area contributed by atoms with Gasteiger partial charge in [0, 0.05) is 31.7 Å². The van der Waals surface area contributed by atoms with E-state index in [2.05, 4.69) is 42.6 Å². The average Bonchev–Trinajstić information content (AvgIpc) is 2.44. The molecule has 0 bridgehead atoms. The standard InChI is InChI=1S/C16H27FN4/c1-11(16(18)15-6-5-14(17)7-19-15)8-21-9-12(2)20(4)13(3)10-21/h5-7,11-13,16H,8-10,18H2,1-4H3. The number of nitrogens with zero attached hydrogens (tertiary/aromatic N) is 3. The molecule has 5 heteroatoms. The van der Waals surface area contributed by atoms with Crippen molar-refractivity contribution in [3.05, 3.63) is 29.8 Å². The minimum Gasteiger partial charge on any atom is -0.322 e. The van der Waals surface area contributed by atoms with E-state index in [9.17, 15) is 4.39 Å². The van der Waals surface area contributed by atoms with Gasteiger partial charge in [-0.2, -0.15) is 0 Å². The Morgan fingerprint density at radius 1 is 1.33 bits per heavy atom. The maximum atomic E-state index is 12.9. The van der Waals surface area contributed by atoms with E-state index in [0.29, 0.717) is 12.1 Å². The van der Waals surface area contributed by atoms with Crippen LogP contribution in [0.1, 0.15) is 32.5 Å². The highest BCUT2D eigenvalue weighted by Crippen LogP contribution is 2.21. The number of rotatable bonds is 4. The Kier molecular flexibility index (Phi) is 5.30. The predicted octanol–water partition coefficient (Wildman–Crippen LogP) is 1.88. The molecule has 2 rings (SSSR count). The molecule has 0 aromatic carbocycles. The van der Waals surface area contributed by atoms with Crippen LogP contribution < -0.4 is 5.73 Å². The Morgan fingerprint density at radius 3 is 2.48 bits per heavy atom. The van der Waals surface area contributed by atoms with E-state index in [1.54, 1.807) is 6.07 Å². The molecule has 1 aromatic heterocycles. The van der Waals surface area contributed by atoms with Gasteiger partial charge in [-0.15, -0.1) is 0 Å². The number of halogens is 1. The molecule has 1 saturated heterocycles. The van der Waals surface area contributed by atoms with Gasteiger partial charge >= 0.3 is 0 Å². The third kappa shape index (κ3) is 3.99. The molecule has 0 spiro atoms. The van der Waals surface area contributed by atoms with Crippen molar-refractivity contribution in [2.75, 3.05) is 26.7 Å². The number of likely N-dealkylation sites (N-methyl/N-ethyl adjacent to an activating group) is 1. The van der Waals surface area contributed by atoms with E-state index in [1.165, 1.54) is 12.3 Å². The summed E-state index contributed by atoms with van der Waals surface area (Å²) in [7, 11) is 2.18. The molecule has 118 valence electrons. The number of pyridine rings is 1. The van der Waals surface area contributed by atoms with Gasteiger partial charge < -0.3 is 5.73 Å². The predicted molar refractivity (Wildman–Crippen MR) is 83.4 cm³/mol. The van der Waals surface area contributed by atoms with Crippen LogP contribution in [0.3, 0.4) is 0 Å². The molecule has 0 saturated carbocycles. The Bertz CT molecular complexity index is 438. The number of aromatic nitrogens is 1. The van der Waals surface area contributed by atoms with E-state index in [-0.39, 0.29) is 17.8 Å². The quantitative estimate of drug-likeness (QED) is 0.921. The minimum atomic E-state index is -0.319. The summed E-state index contributed by atoms with van der Waals surface area (Å²) < 4.78 is 12.9. The minimum absolute atomic E-state index is 0.157. The average molecular weight is 294 g/mol. The lowest BCUT2D eigenvalue weighted by Gasteiger charge is -2.43. The first-order valence-corrected chi connectivity index (χ1v) is 7.69. The third-order valence-corrected chi connectivity index (χ3v) is 4.69. The van der Waals surface area contributed by atoms with Gasteiger partial charge in [-0.05, 0) is 38.9 Å². The van der Waals surface area contributed by atoms with E-state index < -0.39 is 0 Å². The van der Waals surface area contributed by atoms with Crippen LogP contribution in [0, 0.1) is 11.7 Å². The van der Waals surface area contributed by atoms with Crippen LogP contribution in [0.15, 0.2) is 18.3 Å².